The van der Waals surface area contributed by atoms with E-state index in [4.69, 9.17) is 0 Å². The van der Waals surface area contributed by atoms with E-state index in [1.165, 1.54) is 0 Å². The van der Waals surface area contributed by atoms with E-state index >= 15 is 0 Å². The zero-order chi connectivity index (χ0) is 7.07. The van der Waals surface area contributed by atoms with Gasteiger partial charge in [0.15, 0.2) is 0 Å². The summed E-state index contributed by atoms with van der Waals surface area (Å²) in [4.78, 5) is 12.7. The quantitative estimate of drug-likeness (QED) is 0.475. The van der Waals surface area contributed by atoms with Crippen LogP contribution < -0.4 is 0 Å². The van der Waals surface area contributed by atoms with Gasteiger partial charge in [-0.2, -0.15) is 0 Å². The number of amides is 1. The Morgan fingerprint density at radius 3 is 2.11 bits per heavy atom. The molecule has 0 aliphatic carbocycles. The summed E-state index contributed by atoms with van der Waals surface area (Å²) in [5, 5.41) is 0. The molecule has 0 radical (unpaired) electrons. The molecule has 0 aromatic carbocycles. The van der Waals surface area contributed by atoms with Crippen LogP contribution in [0.15, 0.2) is 0 Å². The standard InChI is InChI=1S/C7H13NO/c1-6(9)8-5-4-7(8,2)3/h4-5H2,1-3H3. The lowest BCUT2D eigenvalue weighted by Crippen LogP contribution is -2.57. The molecule has 2 nitrogen and oxygen atoms in total. The largest absolute Gasteiger partial charge is 0.338 e. The molecule has 1 amide bonds. The smallest absolute Gasteiger partial charge is 0.219 e. The third-order valence-corrected chi connectivity index (χ3v) is 2.06. The fourth-order valence-electron chi connectivity index (χ4n) is 1.25. The van der Waals surface area contributed by atoms with Gasteiger partial charge in [-0.1, -0.05) is 0 Å². The minimum Gasteiger partial charge on any atom is -0.338 e. The Kier molecular flexibility index (Phi) is 1.26. The van der Waals surface area contributed by atoms with Gasteiger partial charge in [-0.25, -0.2) is 0 Å². The molecule has 1 fully saturated rings. The summed E-state index contributed by atoms with van der Waals surface area (Å²) in [6.45, 7) is 6.76. The zero-order valence-electron chi connectivity index (χ0n) is 6.27. The summed E-state index contributed by atoms with van der Waals surface area (Å²) in [5.74, 6) is 0.200. The second-order valence-electron chi connectivity index (χ2n) is 3.23. The van der Waals surface area contributed by atoms with Crippen LogP contribution in [-0.2, 0) is 4.79 Å². The van der Waals surface area contributed by atoms with Gasteiger partial charge in [0.2, 0.25) is 5.91 Å². The number of rotatable bonds is 0. The molecule has 0 atom stereocenters. The molecule has 0 bridgehead atoms. The van der Waals surface area contributed by atoms with Crippen molar-refractivity contribution in [3.8, 4) is 0 Å². The molecule has 9 heavy (non-hydrogen) atoms. The summed E-state index contributed by atoms with van der Waals surface area (Å²) in [5.41, 5.74) is 0.145. The molecule has 1 saturated heterocycles. The number of hydrogen-bond acceptors (Lipinski definition) is 1. The first kappa shape index (κ1) is 6.59. The average molecular weight is 127 g/mol. The van der Waals surface area contributed by atoms with E-state index in [1.807, 2.05) is 4.90 Å². The van der Waals surface area contributed by atoms with E-state index < -0.39 is 0 Å². The Morgan fingerprint density at radius 1 is 1.56 bits per heavy atom. The number of carbonyl (C=O) groups is 1. The van der Waals surface area contributed by atoms with Crippen LogP contribution in [0.2, 0.25) is 0 Å². The first-order valence-corrected chi connectivity index (χ1v) is 3.32. The Morgan fingerprint density at radius 2 is 2.11 bits per heavy atom. The predicted molar refractivity (Wildman–Crippen MR) is 36.1 cm³/mol. The van der Waals surface area contributed by atoms with Gasteiger partial charge in [0.25, 0.3) is 0 Å². The lowest BCUT2D eigenvalue weighted by atomic mass is 9.89. The third-order valence-electron chi connectivity index (χ3n) is 2.06. The minimum atomic E-state index is 0.145. The second-order valence-corrected chi connectivity index (χ2v) is 3.23. The highest BCUT2D eigenvalue weighted by Crippen LogP contribution is 2.28. The molecule has 2 heteroatoms. The number of carbonyl (C=O) groups excluding carboxylic acids is 1. The highest BCUT2D eigenvalue weighted by molar-refractivity contribution is 5.75. The van der Waals surface area contributed by atoms with Crippen molar-refractivity contribution in [2.75, 3.05) is 6.54 Å². The van der Waals surface area contributed by atoms with Crippen LogP contribution in [0, 0.1) is 0 Å². The van der Waals surface area contributed by atoms with E-state index in [0.717, 1.165) is 13.0 Å². The van der Waals surface area contributed by atoms with Crippen LogP contribution in [0.4, 0.5) is 0 Å². The molecular weight excluding hydrogens is 114 g/mol. The Bertz CT molecular complexity index is 140. The second kappa shape index (κ2) is 1.72. The first-order chi connectivity index (χ1) is 4.04. The zero-order valence-corrected chi connectivity index (χ0v) is 6.27. The molecule has 1 heterocycles. The molecule has 52 valence electrons. The fourth-order valence-corrected chi connectivity index (χ4v) is 1.25. The van der Waals surface area contributed by atoms with Crippen LogP contribution in [0.3, 0.4) is 0 Å². The maximum atomic E-state index is 10.8. The Balaban J connectivity index is 2.55. The molecule has 0 unspecified atom stereocenters. The number of likely N-dealkylation sites (tertiary alicyclic amines) is 1. The van der Waals surface area contributed by atoms with Crippen molar-refractivity contribution in [3.05, 3.63) is 0 Å². The molecule has 1 rings (SSSR count). The first-order valence-electron chi connectivity index (χ1n) is 3.32. The van der Waals surface area contributed by atoms with Crippen molar-refractivity contribution < 1.29 is 4.79 Å². The van der Waals surface area contributed by atoms with E-state index in [2.05, 4.69) is 13.8 Å². The van der Waals surface area contributed by atoms with Gasteiger partial charge < -0.3 is 4.90 Å². The van der Waals surface area contributed by atoms with Crippen LogP contribution in [0.5, 0.6) is 0 Å². The van der Waals surface area contributed by atoms with Crippen molar-refractivity contribution in [1.29, 1.82) is 0 Å². The van der Waals surface area contributed by atoms with Crippen LogP contribution in [-0.4, -0.2) is 22.9 Å². The highest BCUT2D eigenvalue weighted by atomic mass is 16.2. The van der Waals surface area contributed by atoms with Gasteiger partial charge in [0.05, 0.1) is 0 Å². The summed E-state index contributed by atoms with van der Waals surface area (Å²) in [6.07, 6.45) is 1.15. The topological polar surface area (TPSA) is 20.3 Å². The Hall–Kier alpha value is -0.530. The van der Waals surface area contributed by atoms with E-state index in [9.17, 15) is 4.79 Å². The predicted octanol–water partition coefficient (Wildman–Crippen LogP) is 1.02. The Labute approximate surface area is 55.8 Å². The van der Waals surface area contributed by atoms with Crippen molar-refractivity contribution >= 4 is 5.91 Å². The van der Waals surface area contributed by atoms with Gasteiger partial charge in [-0.05, 0) is 20.3 Å². The average Bonchev–Trinajstić information content (AvgIpc) is 1.62. The van der Waals surface area contributed by atoms with Gasteiger partial charge >= 0.3 is 0 Å². The molecule has 1 aliphatic heterocycles. The van der Waals surface area contributed by atoms with E-state index in [-0.39, 0.29) is 11.4 Å². The van der Waals surface area contributed by atoms with Gasteiger partial charge in [-0.3, -0.25) is 4.79 Å². The van der Waals surface area contributed by atoms with Crippen molar-refractivity contribution in [2.45, 2.75) is 32.7 Å². The van der Waals surface area contributed by atoms with Gasteiger partial charge in [0, 0.05) is 19.0 Å². The number of hydrogen-bond donors (Lipinski definition) is 0. The normalized spacial score (nSPS) is 23.2. The molecule has 0 N–H and O–H groups in total. The summed E-state index contributed by atoms with van der Waals surface area (Å²) < 4.78 is 0. The molecule has 0 spiro atoms. The monoisotopic (exact) mass is 127 g/mol. The lowest BCUT2D eigenvalue weighted by Gasteiger charge is -2.48. The SMILES string of the molecule is CC(=O)N1CCC1(C)C. The van der Waals surface area contributed by atoms with Gasteiger partial charge in [0.1, 0.15) is 0 Å². The maximum absolute atomic E-state index is 10.8. The lowest BCUT2D eigenvalue weighted by molar-refractivity contribution is -0.142. The molecule has 0 aromatic heterocycles. The van der Waals surface area contributed by atoms with Crippen molar-refractivity contribution in [2.24, 2.45) is 0 Å². The van der Waals surface area contributed by atoms with Crippen LogP contribution >= 0.6 is 0 Å². The molecule has 1 aliphatic rings. The third kappa shape index (κ3) is 0.934. The van der Waals surface area contributed by atoms with E-state index in [1.54, 1.807) is 6.92 Å². The molecular formula is C7H13NO. The summed E-state index contributed by atoms with van der Waals surface area (Å²) in [6, 6.07) is 0. The highest BCUT2D eigenvalue weighted by Gasteiger charge is 2.37. The minimum absolute atomic E-state index is 0.145. The van der Waals surface area contributed by atoms with Crippen LogP contribution in [0.1, 0.15) is 27.2 Å². The van der Waals surface area contributed by atoms with E-state index in [0.29, 0.717) is 0 Å². The number of nitrogens with zero attached hydrogens (tertiary/aromatic N) is 1. The van der Waals surface area contributed by atoms with Crippen molar-refractivity contribution in [3.63, 3.8) is 0 Å². The van der Waals surface area contributed by atoms with Crippen molar-refractivity contribution in [1.82, 2.24) is 4.90 Å². The fraction of sp³-hybridized carbons (Fsp3) is 0.857. The van der Waals surface area contributed by atoms with Gasteiger partial charge in [-0.15, -0.1) is 0 Å². The summed E-state index contributed by atoms with van der Waals surface area (Å²) in [7, 11) is 0. The summed E-state index contributed by atoms with van der Waals surface area (Å²) >= 11 is 0. The molecule has 0 aromatic rings. The molecule has 0 saturated carbocycles. The maximum Gasteiger partial charge on any atom is 0.219 e. The van der Waals surface area contributed by atoms with Crippen LogP contribution in [0.25, 0.3) is 0 Å².